The number of allylic oxidation sites excluding steroid dienone is 1. The molecule has 0 saturated heterocycles. The van der Waals surface area contributed by atoms with Crippen LogP contribution in [-0.4, -0.2) is 34.9 Å². The van der Waals surface area contributed by atoms with Crippen LogP contribution in [0.25, 0.3) is 0 Å². The average molecular weight is 351 g/mol. The van der Waals surface area contributed by atoms with Gasteiger partial charge in [0, 0.05) is 24.5 Å². The number of pyridine rings is 1. The van der Waals surface area contributed by atoms with Crippen LogP contribution in [0.2, 0.25) is 0 Å². The number of hydrogen-bond acceptors (Lipinski definition) is 7. The molecule has 0 amide bonds. The molecule has 0 fully saturated rings. The topological polar surface area (TPSA) is 111 Å². The fourth-order valence-corrected chi connectivity index (χ4v) is 2.50. The zero-order valence-electron chi connectivity index (χ0n) is 14.8. The maximum absolute atomic E-state index is 9.42. The third-order valence-electron chi connectivity index (χ3n) is 3.74. The van der Waals surface area contributed by atoms with E-state index in [2.05, 4.69) is 37.2 Å². The molecule has 8 nitrogen and oxygen atoms in total. The second-order valence-corrected chi connectivity index (χ2v) is 5.84. The molecule has 4 N–H and O–H groups in total. The maximum atomic E-state index is 9.42. The van der Waals surface area contributed by atoms with Gasteiger partial charge in [-0.15, -0.1) is 0 Å². The molecule has 0 unspecified atom stereocenters. The summed E-state index contributed by atoms with van der Waals surface area (Å²) in [4.78, 5) is 4.50. The first-order chi connectivity index (χ1) is 12.7. The Bertz CT molecular complexity index is 876. The van der Waals surface area contributed by atoms with E-state index in [0.717, 1.165) is 23.6 Å². The zero-order valence-corrected chi connectivity index (χ0v) is 14.8. The number of H-pyrrole nitrogens is 1. The van der Waals surface area contributed by atoms with E-state index in [9.17, 15) is 5.26 Å². The quantitative estimate of drug-likeness (QED) is 0.567. The van der Waals surface area contributed by atoms with E-state index in [-0.39, 0.29) is 0 Å². The Balaban J connectivity index is 1.65. The van der Waals surface area contributed by atoms with Crippen molar-refractivity contribution in [2.45, 2.75) is 13.8 Å². The van der Waals surface area contributed by atoms with Gasteiger partial charge >= 0.3 is 0 Å². The molecule has 26 heavy (non-hydrogen) atoms. The van der Waals surface area contributed by atoms with Crippen molar-refractivity contribution >= 4 is 17.5 Å². The minimum Gasteiger partial charge on any atom is -0.492 e. The largest absolute Gasteiger partial charge is 0.492 e. The van der Waals surface area contributed by atoms with Crippen LogP contribution >= 0.6 is 0 Å². The third-order valence-corrected chi connectivity index (χ3v) is 3.74. The summed E-state index contributed by atoms with van der Waals surface area (Å²) in [5.41, 5.74) is 2.31. The van der Waals surface area contributed by atoms with Crippen molar-refractivity contribution in [3.8, 4) is 6.07 Å². The predicted molar refractivity (Wildman–Crippen MR) is 100.0 cm³/mol. The molecule has 0 spiro atoms. The van der Waals surface area contributed by atoms with Gasteiger partial charge in [-0.1, -0.05) is 0 Å². The molecule has 1 aliphatic heterocycles. The van der Waals surface area contributed by atoms with E-state index < -0.39 is 0 Å². The maximum Gasteiger partial charge on any atom is 0.153 e. The number of aromatic nitrogens is 3. The number of anilines is 3. The van der Waals surface area contributed by atoms with Crippen molar-refractivity contribution in [2.75, 3.05) is 30.3 Å². The standard InChI is InChI=1S/C18H21N7O/c1-12-9-16(22-17-10-13(2)24-25-17)23-18(15(12)11-19)21-7-8-26-14-3-5-20-6-4-14/h3-5,9-10,20H,6-8H2,1-2H3,(H3,21,22,23,24,25). The fourth-order valence-electron chi connectivity index (χ4n) is 2.50. The smallest absolute Gasteiger partial charge is 0.153 e. The summed E-state index contributed by atoms with van der Waals surface area (Å²) >= 11 is 0. The Morgan fingerprint density at radius 2 is 2.19 bits per heavy atom. The minimum atomic E-state index is 0.470. The summed E-state index contributed by atoms with van der Waals surface area (Å²) in [6.45, 7) is 5.57. The van der Waals surface area contributed by atoms with Crippen LogP contribution in [0.15, 0.2) is 36.2 Å². The van der Waals surface area contributed by atoms with Crippen LogP contribution < -0.4 is 16.0 Å². The number of ether oxygens (including phenoxy) is 1. The van der Waals surface area contributed by atoms with Crippen molar-refractivity contribution in [1.29, 1.82) is 5.26 Å². The molecule has 2 aromatic heterocycles. The Morgan fingerprint density at radius 3 is 2.88 bits per heavy atom. The second-order valence-electron chi connectivity index (χ2n) is 5.84. The lowest BCUT2D eigenvalue weighted by Gasteiger charge is -2.14. The molecule has 1 aliphatic rings. The van der Waals surface area contributed by atoms with E-state index in [4.69, 9.17) is 4.74 Å². The first kappa shape index (κ1) is 17.4. The first-order valence-electron chi connectivity index (χ1n) is 8.33. The summed E-state index contributed by atoms with van der Waals surface area (Å²) < 4.78 is 5.67. The van der Waals surface area contributed by atoms with Gasteiger partial charge in [-0.3, -0.25) is 5.10 Å². The SMILES string of the molecule is Cc1cc(Nc2cc(C)c(C#N)c(NCCOC3=CCNC=C3)n2)n[nH]1. The molecule has 134 valence electrons. The van der Waals surface area contributed by atoms with Crippen LogP contribution in [0.1, 0.15) is 16.8 Å². The number of hydrogen-bond donors (Lipinski definition) is 4. The Morgan fingerprint density at radius 1 is 1.31 bits per heavy atom. The Hall–Kier alpha value is -3.47. The van der Waals surface area contributed by atoms with Gasteiger partial charge in [0.2, 0.25) is 0 Å². The lowest BCUT2D eigenvalue weighted by atomic mass is 10.1. The highest BCUT2D eigenvalue weighted by Crippen LogP contribution is 2.22. The van der Waals surface area contributed by atoms with E-state index in [1.54, 1.807) is 0 Å². The average Bonchev–Trinajstić information content (AvgIpc) is 3.04. The lowest BCUT2D eigenvalue weighted by molar-refractivity contribution is 0.235. The summed E-state index contributed by atoms with van der Waals surface area (Å²) in [5.74, 6) is 2.67. The molecule has 3 rings (SSSR count). The van der Waals surface area contributed by atoms with Gasteiger partial charge in [0.1, 0.15) is 30.1 Å². The highest BCUT2D eigenvalue weighted by molar-refractivity contribution is 5.63. The number of aryl methyl sites for hydroxylation is 2. The number of dihydropyridines is 1. The molecule has 8 heteroatoms. The van der Waals surface area contributed by atoms with Crippen molar-refractivity contribution in [1.82, 2.24) is 20.5 Å². The predicted octanol–water partition coefficient (Wildman–Crippen LogP) is 2.47. The van der Waals surface area contributed by atoms with E-state index >= 15 is 0 Å². The molecular weight excluding hydrogens is 330 g/mol. The molecule has 2 aromatic rings. The molecule has 0 aromatic carbocycles. The number of nitrogens with one attached hydrogen (secondary N) is 4. The number of nitrogens with zero attached hydrogens (tertiary/aromatic N) is 3. The summed E-state index contributed by atoms with van der Waals surface area (Å²) in [5, 5.41) is 25.8. The van der Waals surface area contributed by atoms with Crippen molar-refractivity contribution < 1.29 is 4.74 Å². The Kier molecular flexibility index (Phi) is 5.39. The van der Waals surface area contributed by atoms with Gasteiger partial charge in [0.25, 0.3) is 0 Å². The van der Waals surface area contributed by atoms with Crippen LogP contribution in [0.5, 0.6) is 0 Å². The first-order valence-corrected chi connectivity index (χ1v) is 8.33. The summed E-state index contributed by atoms with van der Waals surface area (Å²) in [6.07, 6.45) is 5.70. The highest BCUT2D eigenvalue weighted by Gasteiger charge is 2.11. The molecule has 3 heterocycles. The fraction of sp³-hybridized carbons (Fsp3) is 0.278. The monoisotopic (exact) mass is 351 g/mol. The summed E-state index contributed by atoms with van der Waals surface area (Å²) in [6, 6.07) is 5.92. The van der Waals surface area contributed by atoms with Crippen LogP contribution in [-0.2, 0) is 4.74 Å². The van der Waals surface area contributed by atoms with Gasteiger partial charge in [-0.25, -0.2) is 4.98 Å². The number of rotatable bonds is 7. The van der Waals surface area contributed by atoms with Crippen LogP contribution in [0.4, 0.5) is 17.5 Å². The number of nitriles is 1. The molecule has 0 radical (unpaired) electrons. The molecular formula is C18H21N7O. The van der Waals surface area contributed by atoms with Gasteiger partial charge in [0.05, 0.1) is 12.1 Å². The normalized spacial score (nSPS) is 12.7. The molecule has 0 saturated carbocycles. The van der Waals surface area contributed by atoms with Crippen molar-refractivity contribution in [3.63, 3.8) is 0 Å². The van der Waals surface area contributed by atoms with E-state index in [1.807, 2.05) is 44.3 Å². The van der Waals surface area contributed by atoms with Crippen LogP contribution in [0.3, 0.4) is 0 Å². The lowest BCUT2D eigenvalue weighted by Crippen LogP contribution is -2.14. The molecule has 0 atom stereocenters. The van der Waals surface area contributed by atoms with Gasteiger partial charge in [-0.05, 0) is 37.6 Å². The zero-order chi connectivity index (χ0) is 18.4. The second kappa shape index (κ2) is 8.07. The summed E-state index contributed by atoms with van der Waals surface area (Å²) in [7, 11) is 0. The van der Waals surface area contributed by atoms with Crippen LogP contribution in [0, 0.1) is 25.2 Å². The van der Waals surface area contributed by atoms with Crippen molar-refractivity contribution in [3.05, 3.63) is 53.1 Å². The van der Waals surface area contributed by atoms with E-state index in [1.165, 1.54) is 0 Å². The highest BCUT2D eigenvalue weighted by atomic mass is 16.5. The van der Waals surface area contributed by atoms with Crippen molar-refractivity contribution in [2.24, 2.45) is 0 Å². The van der Waals surface area contributed by atoms with Gasteiger partial charge < -0.3 is 20.7 Å². The Labute approximate surface area is 152 Å². The molecule has 0 aliphatic carbocycles. The minimum absolute atomic E-state index is 0.470. The third kappa shape index (κ3) is 4.33. The molecule has 0 bridgehead atoms. The number of aromatic amines is 1. The van der Waals surface area contributed by atoms with Gasteiger partial charge in [0.15, 0.2) is 5.82 Å². The van der Waals surface area contributed by atoms with E-state index in [0.29, 0.717) is 36.2 Å². The van der Waals surface area contributed by atoms with Gasteiger partial charge in [-0.2, -0.15) is 10.4 Å².